The minimum Gasteiger partial charge on any atom is -0.387 e. The predicted octanol–water partition coefficient (Wildman–Crippen LogP) is 3.53. The molecule has 1 N–H and O–H groups in total. The number of fused-ring (bicyclic) bond motifs is 1. The lowest BCUT2D eigenvalue weighted by atomic mass is 10.0. The van der Waals surface area contributed by atoms with Gasteiger partial charge in [-0.15, -0.1) is 11.3 Å². The number of anilines is 1. The van der Waals surface area contributed by atoms with E-state index in [-0.39, 0.29) is 6.10 Å². The average Bonchev–Trinajstić information content (AvgIpc) is 3.09. The Hall–Kier alpha value is -0.610. The lowest BCUT2D eigenvalue weighted by Gasteiger charge is -2.22. The Bertz CT molecular complexity index is 439. The summed E-state index contributed by atoms with van der Waals surface area (Å²) in [7, 11) is 0. The molecule has 106 valence electrons. The standard InChI is InChI=1S/C15H24N2OS/c1-10(2)8-9-17(11-6-7-11)15-16-14-12(18)4-3-5-13(14)19-15/h10-12,18H,3-9H2,1-2H3. The Labute approximate surface area is 119 Å². The molecule has 1 aromatic heterocycles. The summed E-state index contributed by atoms with van der Waals surface area (Å²) in [6.07, 6.45) is 6.61. The van der Waals surface area contributed by atoms with E-state index in [9.17, 15) is 5.11 Å². The third-order valence-corrected chi connectivity index (χ3v) is 5.26. The fourth-order valence-corrected chi connectivity index (χ4v) is 3.98. The van der Waals surface area contributed by atoms with Crippen LogP contribution in [-0.2, 0) is 6.42 Å². The van der Waals surface area contributed by atoms with Gasteiger partial charge in [0, 0.05) is 17.5 Å². The molecule has 3 rings (SSSR count). The molecule has 0 spiro atoms. The molecule has 1 aromatic rings. The lowest BCUT2D eigenvalue weighted by Crippen LogP contribution is -2.27. The molecular formula is C15H24N2OS. The molecule has 4 heteroatoms. The second-order valence-corrected chi connectivity index (χ2v) is 7.38. The lowest BCUT2D eigenvalue weighted by molar-refractivity contribution is 0.153. The van der Waals surface area contributed by atoms with E-state index in [0.29, 0.717) is 6.04 Å². The molecule has 2 aliphatic rings. The second-order valence-electron chi connectivity index (χ2n) is 6.32. The Balaban J connectivity index is 1.78. The van der Waals surface area contributed by atoms with Crippen molar-refractivity contribution in [2.45, 2.75) is 64.5 Å². The van der Waals surface area contributed by atoms with Crippen molar-refractivity contribution >= 4 is 16.5 Å². The van der Waals surface area contributed by atoms with Crippen LogP contribution in [0.1, 0.15) is 62.6 Å². The van der Waals surface area contributed by atoms with Crippen LogP contribution in [0.5, 0.6) is 0 Å². The summed E-state index contributed by atoms with van der Waals surface area (Å²) >= 11 is 1.82. The zero-order valence-electron chi connectivity index (χ0n) is 11.9. The highest BCUT2D eigenvalue weighted by molar-refractivity contribution is 7.15. The van der Waals surface area contributed by atoms with Crippen molar-refractivity contribution in [3.05, 3.63) is 10.6 Å². The quantitative estimate of drug-likeness (QED) is 0.896. The number of aryl methyl sites for hydroxylation is 1. The van der Waals surface area contributed by atoms with Crippen molar-refractivity contribution in [3.8, 4) is 0 Å². The summed E-state index contributed by atoms with van der Waals surface area (Å²) in [5.74, 6) is 0.737. The Kier molecular flexibility index (Phi) is 3.81. The molecule has 1 heterocycles. The fraction of sp³-hybridized carbons (Fsp3) is 0.800. The van der Waals surface area contributed by atoms with Crippen LogP contribution in [0.25, 0.3) is 0 Å². The van der Waals surface area contributed by atoms with Gasteiger partial charge in [-0.25, -0.2) is 4.98 Å². The van der Waals surface area contributed by atoms with E-state index in [0.717, 1.165) is 42.6 Å². The molecule has 1 saturated carbocycles. The maximum absolute atomic E-state index is 10.1. The van der Waals surface area contributed by atoms with Crippen molar-refractivity contribution < 1.29 is 5.11 Å². The fourth-order valence-electron chi connectivity index (χ4n) is 2.72. The molecule has 1 atom stereocenters. The smallest absolute Gasteiger partial charge is 0.186 e. The first-order valence-corrected chi connectivity index (χ1v) is 8.41. The molecule has 0 aromatic carbocycles. The molecular weight excluding hydrogens is 256 g/mol. The van der Waals surface area contributed by atoms with E-state index in [1.54, 1.807) is 0 Å². The van der Waals surface area contributed by atoms with Crippen LogP contribution < -0.4 is 4.90 Å². The highest BCUT2D eigenvalue weighted by Crippen LogP contribution is 2.40. The zero-order valence-corrected chi connectivity index (χ0v) is 12.7. The maximum atomic E-state index is 10.1. The number of hydrogen-bond acceptors (Lipinski definition) is 4. The van der Waals surface area contributed by atoms with Crippen molar-refractivity contribution in [2.75, 3.05) is 11.4 Å². The van der Waals surface area contributed by atoms with Crippen LogP contribution in [0.15, 0.2) is 0 Å². The summed E-state index contributed by atoms with van der Waals surface area (Å²) < 4.78 is 0. The van der Waals surface area contributed by atoms with E-state index in [2.05, 4.69) is 18.7 Å². The number of aromatic nitrogens is 1. The zero-order chi connectivity index (χ0) is 13.4. The van der Waals surface area contributed by atoms with Gasteiger partial charge in [0.2, 0.25) is 0 Å². The van der Waals surface area contributed by atoms with Gasteiger partial charge >= 0.3 is 0 Å². The average molecular weight is 280 g/mol. The van der Waals surface area contributed by atoms with E-state index in [4.69, 9.17) is 4.98 Å². The van der Waals surface area contributed by atoms with Gasteiger partial charge in [-0.3, -0.25) is 0 Å². The number of nitrogens with zero attached hydrogens (tertiary/aromatic N) is 2. The first kappa shape index (κ1) is 13.4. The molecule has 0 aliphatic heterocycles. The minimum atomic E-state index is -0.320. The third-order valence-electron chi connectivity index (χ3n) is 4.09. The van der Waals surface area contributed by atoms with Gasteiger partial charge in [0.05, 0.1) is 11.8 Å². The van der Waals surface area contributed by atoms with Crippen LogP contribution >= 0.6 is 11.3 Å². The van der Waals surface area contributed by atoms with Crippen LogP contribution in [-0.4, -0.2) is 22.7 Å². The Morgan fingerprint density at radius 2 is 2.16 bits per heavy atom. The SMILES string of the molecule is CC(C)CCN(c1nc2c(s1)CCCC2O)C1CC1. The molecule has 0 saturated heterocycles. The number of hydrogen-bond donors (Lipinski definition) is 1. The van der Waals surface area contributed by atoms with Crippen molar-refractivity contribution in [2.24, 2.45) is 5.92 Å². The second kappa shape index (κ2) is 5.41. The van der Waals surface area contributed by atoms with Gasteiger partial charge in [0.25, 0.3) is 0 Å². The first-order chi connectivity index (χ1) is 9.15. The van der Waals surface area contributed by atoms with Gasteiger partial charge in [0.1, 0.15) is 0 Å². The molecule has 3 nitrogen and oxygen atoms in total. The topological polar surface area (TPSA) is 36.4 Å². The van der Waals surface area contributed by atoms with Crippen LogP contribution in [0.2, 0.25) is 0 Å². The molecule has 0 amide bonds. The monoisotopic (exact) mass is 280 g/mol. The van der Waals surface area contributed by atoms with Crippen LogP contribution in [0.4, 0.5) is 5.13 Å². The van der Waals surface area contributed by atoms with Gasteiger partial charge in [-0.2, -0.15) is 0 Å². The highest BCUT2D eigenvalue weighted by Gasteiger charge is 2.32. The molecule has 0 bridgehead atoms. The first-order valence-electron chi connectivity index (χ1n) is 7.59. The predicted molar refractivity (Wildman–Crippen MR) is 79.8 cm³/mol. The van der Waals surface area contributed by atoms with Gasteiger partial charge in [-0.1, -0.05) is 13.8 Å². The largest absolute Gasteiger partial charge is 0.387 e. The summed E-state index contributed by atoms with van der Waals surface area (Å²) in [4.78, 5) is 8.58. The minimum absolute atomic E-state index is 0.320. The molecule has 1 unspecified atom stereocenters. The van der Waals surface area contributed by atoms with Crippen molar-refractivity contribution in [1.82, 2.24) is 4.98 Å². The van der Waals surface area contributed by atoms with Gasteiger partial charge in [-0.05, 0) is 44.4 Å². The van der Waals surface area contributed by atoms with E-state index in [1.807, 2.05) is 11.3 Å². The number of rotatable bonds is 5. The van der Waals surface area contributed by atoms with Crippen LogP contribution in [0.3, 0.4) is 0 Å². The molecule has 2 aliphatic carbocycles. The highest BCUT2D eigenvalue weighted by atomic mass is 32.1. The van der Waals surface area contributed by atoms with E-state index >= 15 is 0 Å². The summed E-state index contributed by atoms with van der Waals surface area (Å²) in [6, 6.07) is 0.712. The summed E-state index contributed by atoms with van der Waals surface area (Å²) in [5.41, 5.74) is 0.974. The normalized spacial score (nSPS) is 22.6. The third kappa shape index (κ3) is 2.95. The maximum Gasteiger partial charge on any atom is 0.186 e. The number of aliphatic hydroxyl groups excluding tert-OH is 1. The van der Waals surface area contributed by atoms with E-state index < -0.39 is 0 Å². The molecule has 0 radical (unpaired) electrons. The summed E-state index contributed by atoms with van der Waals surface area (Å²) in [6.45, 7) is 5.67. The van der Waals surface area contributed by atoms with Crippen LogP contribution in [0, 0.1) is 5.92 Å². The van der Waals surface area contributed by atoms with Gasteiger partial charge in [0.15, 0.2) is 5.13 Å². The number of thiazole rings is 1. The Morgan fingerprint density at radius 3 is 2.79 bits per heavy atom. The molecule has 1 fully saturated rings. The summed E-state index contributed by atoms with van der Waals surface area (Å²) in [5, 5.41) is 11.2. The van der Waals surface area contributed by atoms with Crippen molar-refractivity contribution in [1.29, 1.82) is 0 Å². The van der Waals surface area contributed by atoms with Gasteiger partial charge < -0.3 is 10.0 Å². The van der Waals surface area contributed by atoms with E-state index in [1.165, 1.54) is 24.1 Å². The number of aliphatic hydroxyl groups is 1. The Morgan fingerprint density at radius 1 is 1.37 bits per heavy atom. The van der Waals surface area contributed by atoms with Crippen molar-refractivity contribution in [3.63, 3.8) is 0 Å². The molecule has 19 heavy (non-hydrogen) atoms.